The van der Waals surface area contributed by atoms with Gasteiger partial charge >= 0.3 is 0 Å². The quantitative estimate of drug-likeness (QED) is 0.761. The molecule has 4 heteroatoms. The normalized spacial score (nSPS) is 25.6. The average molecular weight is 198 g/mol. The van der Waals surface area contributed by atoms with Gasteiger partial charge in [-0.05, 0) is 25.0 Å². The highest BCUT2D eigenvalue weighted by Crippen LogP contribution is 2.24. The Morgan fingerprint density at radius 2 is 2.00 bits per heavy atom. The molecule has 0 heterocycles. The molecule has 0 aromatic heterocycles. The first kappa shape index (κ1) is 9.40. The van der Waals surface area contributed by atoms with E-state index in [9.17, 15) is 8.78 Å². The average Bonchev–Trinajstić information content (AvgIpc) is 2.10. The maximum Gasteiger partial charge on any atom is 0.181 e. The predicted octanol–water partition coefficient (Wildman–Crippen LogP) is 1.87. The molecule has 0 radical (unpaired) electrons. The van der Waals surface area contributed by atoms with Crippen molar-refractivity contribution in [2.75, 3.05) is 5.32 Å². The van der Waals surface area contributed by atoms with Gasteiger partial charge in [-0.15, -0.1) is 0 Å². The Kier molecular flexibility index (Phi) is 2.37. The third-order valence-corrected chi connectivity index (χ3v) is 2.49. The summed E-state index contributed by atoms with van der Waals surface area (Å²) in [4.78, 5) is 0. The fourth-order valence-electron chi connectivity index (χ4n) is 1.61. The van der Waals surface area contributed by atoms with E-state index >= 15 is 0 Å². The molecule has 1 aromatic carbocycles. The Morgan fingerprint density at radius 3 is 2.64 bits per heavy atom. The zero-order chi connectivity index (χ0) is 10.1. The second-order valence-electron chi connectivity index (χ2n) is 3.67. The Bertz CT molecular complexity index is 335. The summed E-state index contributed by atoms with van der Waals surface area (Å²) in [5.41, 5.74) is 5.81. The highest BCUT2D eigenvalue weighted by Gasteiger charge is 2.26. The number of halogens is 2. The zero-order valence-corrected chi connectivity index (χ0v) is 7.63. The molecular formula is C10H12F2N2. The predicted molar refractivity (Wildman–Crippen MR) is 51.0 cm³/mol. The van der Waals surface area contributed by atoms with Crippen molar-refractivity contribution in [3.05, 3.63) is 29.8 Å². The van der Waals surface area contributed by atoms with Gasteiger partial charge in [-0.1, -0.05) is 6.07 Å². The van der Waals surface area contributed by atoms with E-state index < -0.39 is 11.6 Å². The molecule has 0 amide bonds. The number of anilines is 1. The molecule has 1 fully saturated rings. The fourth-order valence-corrected chi connectivity index (χ4v) is 1.61. The molecule has 2 nitrogen and oxygen atoms in total. The topological polar surface area (TPSA) is 38.0 Å². The SMILES string of the molecule is NC1CC(Nc2cccc(F)c2F)C1. The molecule has 1 aromatic rings. The lowest BCUT2D eigenvalue weighted by atomic mass is 9.87. The van der Waals surface area contributed by atoms with Gasteiger partial charge < -0.3 is 11.1 Å². The number of benzene rings is 1. The van der Waals surface area contributed by atoms with E-state index in [1.165, 1.54) is 12.1 Å². The van der Waals surface area contributed by atoms with E-state index in [2.05, 4.69) is 5.32 Å². The summed E-state index contributed by atoms with van der Waals surface area (Å²) in [6.45, 7) is 0. The van der Waals surface area contributed by atoms with Gasteiger partial charge in [0, 0.05) is 12.1 Å². The van der Waals surface area contributed by atoms with Crippen LogP contribution in [0.4, 0.5) is 14.5 Å². The monoisotopic (exact) mass is 198 g/mol. The van der Waals surface area contributed by atoms with Gasteiger partial charge in [0.1, 0.15) is 0 Å². The van der Waals surface area contributed by atoms with Crippen molar-refractivity contribution in [2.45, 2.75) is 24.9 Å². The molecule has 0 unspecified atom stereocenters. The van der Waals surface area contributed by atoms with Crippen molar-refractivity contribution in [1.29, 1.82) is 0 Å². The number of nitrogens with two attached hydrogens (primary N) is 1. The van der Waals surface area contributed by atoms with Crippen LogP contribution in [0, 0.1) is 11.6 Å². The first-order valence-electron chi connectivity index (χ1n) is 4.63. The van der Waals surface area contributed by atoms with Crippen molar-refractivity contribution < 1.29 is 8.78 Å². The van der Waals surface area contributed by atoms with E-state index in [4.69, 9.17) is 5.73 Å². The molecule has 1 aliphatic rings. The van der Waals surface area contributed by atoms with Gasteiger partial charge in [0.25, 0.3) is 0 Å². The first-order chi connectivity index (χ1) is 6.66. The van der Waals surface area contributed by atoms with Crippen LogP contribution >= 0.6 is 0 Å². The fraction of sp³-hybridized carbons (Fsp3) is 0.400. The van der Waals surface area contributed by atoms with Gasteiger partial charge in [0.15, 0.2) is 11.6 Å². The Hall–Kier alpha value is -1.16. The summed E-state index contributed by atoms with van der Waals surface area (Å²) < 4.78 is 25.9. The highest BCUT2D eigenvalue weighted by molar-refractivity contribution is 5.46. The number of hydrogen-bond donors (Lipinski definition) is 2. The molecule has 0 aliphatic heterocycles. The van der Waals surface area contributed by atoms with E-state index in [0.717, 1.165) is 18.9 Å². The summed E-state index contributed by atoms with van der Waals surface area (Å²) in [5.74, 6) is -1.63. The molecule has 0 spiro atoms. The van der Waals surface area contributed by atoms with E-state index in [1.807, 2.05) is 0 Å². The second-order valence-corrected chi connectivity index (χ2v) is 3.67. The highest BCUT2D eigenvalue weighted by atomic mass is 19.2. The lowest BCUT2D eigenvalue weighted by Crippen LogP contribution is -2.44. The maximum atomic E-state index is 13.2. The van der Waals surface area contributed by atoms with E-state index in [-0.39, 0.29) is 17.8 Å². The van der Waals surface area contributed by atoms with Gasteiger partial charge in [0.2, 0.25) is 0 Å². The van der Waals surface area contributed by atoms with Crippen LogP contribution < -0.4 is 11.1 Å². The Morgan fingerprint density at radius 1 is 1.29 bits per heavy atom. The molecule has 3 N–H and O–H groups in total. The van der Waals surface area contributed by atoms with Crippen molar-refractivity contribution in [3.8, 4) is 0 Å². The Labute approximate surface area is 81.1 Å². The van der Waals surface area contributed by atoms with Crippen LogP contribution in [-0.4, -0.2) is 12.1 Å². The van der Waals surface area contributed by atoms with Gasteiger partial charge in [-0.2, -0.15) is 0 Å². The smallest absolute Gasteiger partial charge is 0.181 e. The standard InChI is InChI=1S/C10H12F2N2/c11-8-2-1-3-9(10(8)12)14-7-4-6(13)5-7/h1-3,6-7,14H,4-5,13H2. The molecule has 2 rings (SSSR count). The molecule has 76 valence electrons. The summed E-state index contributed by atoms with van der Waals surface area (Å²) in [6.07, 6.45) is 1.63. The van der Waals surface area contributed by atoms with Crippen LogP contribution in [-0.2, 0) is 0 Å². The Balaban J connectivity index is 2.06. The number of nitrogens with one attached hydrogen (secondary N) is 1. The minimum absolute atomic E-state index is 0.182. The maximum absolute atomic E-state index is 13.2. The third kappa shape index (κ3) is 1.70. The number of hydrogen-bond acceptors (Lipinski definition) is 2. The van der Waals surface area contributed by atoms with Crippen LogP contribution in [0.1, 0.15) is 12.8 Å². The summed E-state index contributed by atoms with van der Waals surface area (Å²) in [7, 11) is 0. The lowest BCUT2D eigenvalue weighted by molar-refractivity contribution is 0.371. The number of rotatable bonds is 2. The summed E-state index contributed by atoms with van der Waals surface area (Å²) in [6, 6.07) is 4.50. The molecule has 0 saturated heterocycles. The van der Waals surface area contributed by atoms with Gasteiger partial charge in [-0.25, -0.2) is 8.78 Å². The van der Waals surface area contributed by atoms with E-state index in [1.54, 1.807) is 0 Å². The van der Waals surface area contributed by atoms with Crippen LogP contribution in [0.25, 0.3) is 0 Å². The van der Waals surface area contributed by atoms with Crippen molar-refractivity contribution in [2.24, 2.45) is 5.73 Å². The van der Waals surface area contributed by atoms with Crippen LogP contribution in [0.5, 0.6) is 0 Å². The third-order valence-electron chi connectivity index (χ3n) is 2.49. The van der Waals surface area contributed by atoms with Crippen molar-refractivity contribution in [1.82, 2.24) is 0 Å². The van der Waals surface area contributed by atoms with Crippen LogP contribution in [0.3, 0.4) is 0 Å². The van der Waals surface area contributed by atoms with Crippen LogP contribution in [0.15, 0.2) is 18.2 Å². The second kappa shape index (κ2) is 3.53. The van der Waals surface area contributed by atoms with Crippen LogP contribution in [0.2, 0.25) is 0 Å². The molecule has 1 aliphatic carbocycles. The van der Waals surface area contributed by atoms with Gasteiger partial charge in [0.05, 0.1) is 5.69 Å². The molecule has 1 saturated carbocycles. The van der Waals surface area contributed by atoms with Crippen molar-refractivity contribution in [3.63, 3.8) is 0 Å². The molecule has 0 atom stereocenters. The van der Waals surface area contributed by atoms with E-state index in [0.29, 0.717) is 0 Å². The summed E-state index contributed by atoms with van der Waals surface area (Å²) >= 11 is 0. The minimum atomic E-state index is -0.821. The van der Waals surface area contributed by atoms with Gasteiger partial charge in [-0.3, -0.25) is 0 Å². The molecule has 0 bridgehead atoms. The zero-order valence-electron chi connectivity index (χ0n) is 7.63. The largest absolute Gasteiger partial charge is 0.380 e. The minimum Gasteiger partial charge on any atom is -0.380 e. The van der Waals surface area contributed by atoms with Crippen molar-refractivity contribution >= 4 is 5.69 Å². The molecular weight excluding hydrogens is 186 g/mol. The first-order valence-corrected chi connectivity index (χ1v) is 4.63. The lowest BCUT2D eigenvalue weighted by Gasteiger charge is -2.33. The molecule has 14 heavy (non-hydrogen) atoms. The summed E-state index contributed by atoms with van der Waals surface area (Å²) in [5, 5.41) is 2.92.